The van der Waals surface area contributed by atoms with Crippen molar-refractivity contribution >= 4 is 71.5 Å². The van der Waals surface area contributed by atoms with Gasteiger partial charge in [-0.05, 0) is 73.5 Å². The van der Waals surface area contributed by atoms with Gasteiger partial charge >= 0.3 is 12.1 Å². The number of nitrogens with zero attached hydrogens (tertiary/aromatic N) is 6. The molecule has 63 heavy (non-hydrogen) atoms. The van der Waals surface area contributed by atoms with Crippen LogP contribution in [0.5, 0.6) is 11.5 Å². The number of benzene rings is 4. The van der Waals surface area contributed by atoms with Crippen molar-refractivity contribution in [2.75, 3.05) is 115 Å². The molecule has 0 radical (unpaired) electrons. The van der Waals surface area contributed by atoms with Crippen molar-refractivity contribution in [3.05, 3.63) is 119 Å². The van der Waals surface area contributed by atoms with Crippen LogP contribution < -0.4 is 41.6 Å². The van der Waals surface area contributed by atoms with Crippen molar-refractivity contribution < 1.29 is 19.1 Å². The van der Waals surface area contributed by atoms with Crippen molar-refractivity contribution in [2.24, 2.45) is 11.7 Å². The van der Waals surface area contributed by atoms with Crippen LogP contribution >= 0.6 is 48.0 Å². The van der Waals surface area contributed by atoms with Crippen molar-refractivity contribution in [1.82, 2.24) is 30.5 Å². The average Bonchev–Trinajstić information content (AvgIpc) is 3.28. The number of piperazine rings is 2. The first-order chi connectivity index (χ1) is 29.2. The van der Waals surface area contributed by atoms with Gasteiger partial charge in [0, 0.05) is 100.0 Å². The molecule has 2 aliphatic rings. The Morgan fingerprint density at radius 3 is 1.27 bits per heavy atom. The molecule has 4 aromatic carbocycles. The summed E-state index contributed by atoms with van der Waals surface area (Å²) < 4.78 is 11.1. The molecule has 0 aromatic heterocycles. The highest BCUT2D eigenvalue weighted by atomic mass is 35.5. The summed E-state index contributed by atoms with van der Waals surface area (Å²) in [4.78, 5) is 33.6. The number of carbonyl (C=O) groups excluding carboxylic acids is 2. The van der Waals surface area contributed by atoms with Crippen molar-refractivity contribution in [3.63, 3.8) is 0 Å². The lowest BCUT2D eigenvalue weighted by atomic mass is 10.2. The summed E-state index contributed by atoms with van der Waals surface area (Å²) in [6.07, 6.45) is 1.67. The maximum absolute atomic E-state index is 12.1. The minimum Gasteiger partial charge on any atom is -0.492 e. The zero-order valence-electron chi connectivity index (χ0n) is 35.2. The molecule has 2 aliphatic heterocycles. The van der Waals surface area contributed by atoms with Crippen LogP contribution in [0, 0.1) is 0 Å². The van der Waals surface area contributed by atoms with Gasteiger partial charge in [-0.25, -0.2) is 21.3 Å². The van der Waals surface area contributed by atoms with E-state index in [4.69, 9.17) is 44.4 Å². The Labute approximate surface area is 396 Å². The average molecular weight is 953 g/mol. The summed E-state index contributed by atoms with van der Waals surface area (Å²) >= 11 is 12.2. The van der Waals surface area contributed by atoms with Gasteiger partial charge in [0.25, 0.3) is 0 Å². The van der Waals surface area contributed by atoms with Gasteiger partial charge in [-0.15, -0.1) is 24.8 Å². The molecule has 4 amide bonds. The summed E-state index contributed by atoms with van der Waals surface area (Å²) in [5.41, 5.74) is 2.34. The highest BCUT2D eigenvalue weighted by Crippen LogP contribution is 2.22. The van der Waals surface area contributed by atoms with Gasteiger partial charge in [0.1, 0.15) is 24.7 Å². The van der Waals surface area contributed by atoms with Crippen LogP contribution in [0.15, 0.2) is 109 Å². The molecule has 0 bridgehead atoms. The molecule has 0 atom stereocenters. The van der Waals surface area contributed by atoms with E-state index in [0.29, 0.717) is 39.4 Å². The van der Waals surface area contributed by atoms with Gasteiger partial charge < -0.3 is 29.9 Å². The number of amides is 4. The topological polar surface area (TPSA) is 148 Å². The third-order valence-corrected chi connectivity index (χ3v) is 10.6. The Kier molecular flexibility index (Phi) is 26.6. The second-order valence-corrected chi connectivity index (χ2v) is 15.4. The highest BCUT2D eigenvalue weighted by molar-refractivity contribution is 6.31. The lowest BCUT2D eigenvalue weighted by molar-refractivity contribution is 0.187. The van der Waals surface area contributed by atoms with Gasteiger partial charge in [0.05, 0.1) is 13.1 Å². The second-order valence-electron chi connectivity index (χ2n) is 14.5. The first-order valence-corrected chi connectivity index (χ1v) is 21.4. The fourth-order valence-electron chi connectivity index (χ4n) is 6.83. The molecule has 18 heteroatoms. The molecule has 2 saturated heterocycles. The molecular formula is C45H66Cl4N10O4. The van der Waals surface area contributed by atoms with Gasteiger partial charge in [-0.1, -0.05) is 79.2 Å². The smallest absolute Gasteiger partial charge is 0.331 e. The molecular weight excluding hydrogens is 886 g/mol. The molecule has 6 rings (SSSR count). The third kappa shape index (κ3) is 20.3. The predicted molar refractivity (Wildman–Crippen MR) is 263 cm³/mol. The summed E-state index contributed by atoms with van der Waals surface area (Å²) in [5, 5.41) is 9.57. The number of carbonyl (C=O) groups is 2. The van der Waals surface area contributed by atoms with Gasteiger partial charge in [-0.3, -0.25) is 19.8 Å². The summed E-state index contributed by atoms with van der Waals surface area (Å²) in [6.45, 7) is 12.3. The van der Waals surface area contributed by atoms with E-state index < -0.39 is 0 Å². The maximum atomic E-state index is 12.1. The van der Waals surface area contributed by atoms with Crippen LogP contribution in [0.2, 0.25) is 10.0 Å². The normalized spacial score (nSPS) is 13.7. The number of hydrogen-bond donors (Lipinski definition) is 4. The summed E-state index contributed by atoms with van der Waals surface area (Å²) in [6, 6.07) is 34.4. The number of para-hydroxylation sites is 2. The minimum atomic E-state index is -0.280. The third-order valence-electron chi connectivity index (χ3n) is 10.1. The highest BCUT2D eigenvalue weighted by Gasteiger charge is 2.19. The van der Waals surface area contributed by atoms with E-state index in [9.17, 15) is 9.59 Å². The zero-order valence-corrected chi connectivity index (χ0v) is 38.3. The number of halogens is 4. The lowest BCUT2D eigenvalue weighted by Gasteiger charge is -2.36. The standard InChI is InChI=1S/2C22H30ClN5O2.CH4.2ClH/c2*23-19-6-4-7-20(18-19)27-15-13-26(14-16-27)11-5-12-28(24)22(29)25-10-17-30-21-8-2-1-3-9-21;;;/h2*1-4,6-9,18H,5,10-17,24H2,(H,25,29);1H4;2*1H. The van der Waals surface area contributed by atoms with Crippen LogP contribution in [-0.4, -0.2) is 137 Å². The van der Waals surface area contributed by atoms with Gasteiger partial charge in [0.2, 0.25) is 0 Å². The van der Waals surface area contributed by atoms with Gasteiger partial charge in [-0.2, -0.15) is 0 Å². The van der Waals surface area contributed by atoms with Crippen LogP contribution in [-0.2, 0) is 0 Å². The number of ether oxygens (including phenoxy) is 2. The summed E-state index contributed by atoms with van der Waals surface area (Å²) in [7, 11) is 0. The number of hydrogen-bond acceptors (Lipinski definition) is 10. The fourth-order valence-corrected chi connectivity index (χ4v) is 7.20. The van der Waals surface area contributed by atoms with Crippen molar-refractivity contribution in [1.29, 1.82) is 0 Å². The molecule has 14 nitrogen and oxygen atoms in total. The first kappa shape index (κ1) is 54.8. The van der Waals surface area contributed by atoms with Crippen LogP contribution in [0.25, 0.3) is 0 Å². The first-order valence-electron chi connectivity index (χ1n) is 20.6. The van der Waals surface area contributed by atoms with Crippen molar-refractivity contribution in [2.45, 2.75) is 20.3 Å². The molecule has 0 unspecified atom stereocenters. The lowest BCUT2D eigenvalue weighted by Crippen LogP contribution is -2.49. The molecule has 0 spiro atoms. The number of nitrogens with one attached hydrogen (secondary N) is 2. The van der Waals surface area contributed by atoms with E-state index in [0.717, 1.165) is 99.8 Å². The van der Waals surface area contributed by atoms with Crippen LogP contribution in [0.4, 0.5) is 21.0 Å². The number of urea groups is 2. The molecule has 2 fully saturated rings. The van der Waals surface area contributed by atoms with E-state index in [2.05, 4.69) is 42.4 Å². The van der Waals surface area contributed by atoms with Gasteiger partial charge in [0.15, 0.2) is 0 Å². The number of rotatable bonds is 18. The number of nitrogens with two attached hydrogens (primary N) is 2. The molecule has 0 saturated carbocycles. The quantitative estimate of drug-likeness (QED) is 0.0352. The van der Waals surface area contributed by atoms with Crippen LogP contribution in [0.3, 0.4) is 0 Å². The zero-order chi connectivity index (χ0) is 42.4. The SMILES string of the molecule is C.Cl.Cl.NN(CCCN1CCN(c2cccc(Cl)c2)CC1)C(=O)NCCOc1ccccc1.NN(CCCN1CCN(c2cccc(Cl)c2)CC1)C(=O)NCCOc1ccccc1. The minimum absolute atomic E-state index is 0. The molecule has 348 valence electrons. The largest absolute Gasteiger partial charge is 0.492 e. The summed E-state index contributed by atoms with van der Waals surface area (Å²) in [5.74, 6) is 13.3. The van der Waals surface area contributed by atoms with E-state index in [-0.39, 0.29) is 44.3 Å². The van der Waals surface area contributed by atoms with E-state index in [1.807, 2.05) is 97.1 Å². The Hall–Kier alpha value is -4.38. The number of hydrazine groups is 2. The van der Waals surface area contributed by atoms with E-state index >= 15 is 0 Å². The van der Waals surface area contributed by atoms with E-state index in [1.165, 1.54) is 21.4 Å². The Balaban J connectivity index is 0.000000414. The van der Waals surface area contributed by atoms with E-state index in [1.54, 1.807) is 0 Å². The Bertz CT molecular complexity index is 1710. The monoisotopic (exact) mass is 950 g/mol. The fraction of sp³-hybridized carbons (Fsp3) is 0.422. The molecule has 2 heterocycles. The molecule has 4 aromatic rings. The van der Waals surface area contributed by atoms with Crippen molar-refractivity contribution in [3.8, 4) is 11.5 Å². The predicted octanol–water partition coefficient (Wildman–Crippen LogP) is 7.11. The molecule has 6 N–H and O–H groups in total. The second kappa shape index (κ2) is 30.7. The Morgan fingerprint density at radius 1 is 0.556 bits per heavy atom. The maximum Gasteiger partial charge on any atom is 0.331 e. The Morgan fingerprint density at radius 2 is 0.921 bits per heavy atom. The molecule has 0 aliphatic carbocycles. The number of anilines is 2. The van der Waals surface area contributed by atoms with Crippen LogP contribution in [0.1, 0.15) is 20.3 Å².